The molecule has 46 heavy (non-hydrogen) atoms. The number of carboxylic acids is 1. The highest BCUT2D eigenvalue weighted by Crippen LogP contribution is 2.33. The van der Waals surface area contributed by atoms with Crippen LogP contribution in [0, 0.1) is 11.8 Å². The van der Waals surface area contributed by atoms with Gasteiger partial charge in [0.15, 0.2) is 12.4 Å². The largest absolute Gasteiger partial charge is 0.475 e. The molecular weight excluding hydrogens is 704 g/mol. The Hall–Kier alpha value is -1.70. The summed E-state index contributed by atoms with van der Waals surface area (Å²) < 4.78 is 134. The maximum atomic E-state index is 11.5. The Kier molecular flexibility index (Phi) is 12.8. The Morgan fingerprint density at radius 1 is 0.826 bits per heavy atom. The summed E-state index contributed by atoms with van der Waals surface area (Å²) in [6, 6.07) is 0. The molecule has 26 heteroatoms. The first-order valence-electron chi connectivity index (χ1n) is 12.8. The third-order valence-corrected chi connectivity index (χ3v) is 8.25. The number of hydrogen-bond acceptors (Lipinski definition) is 19. The molecule has 3 heterocycles. The lowest BCUT2D eigenvalue weighted by atomic mass is 9.84. The summed E-state index contributed by atoms with van der Waals surface area (Å²) in [5, 5.41) is 50.9. The van der Waals surface area contributed by atoms with Crippen LogP contribution in [0.15, 0.2) is 11.8 Å². The maximum Gasteiger partial charge on any atom is 0.397 e. The van der Waals surface area contributed by atoms with Crippen LogP contribution in [0.25, 0.3) is 0 Å². The normalized spacial score (nSPS) is 37.7. The summed E-state index contributed by atoms with van der Waals surface area (Å²) >= 11 is 0. The van der Waals surface area contributed by atoms with E-state index in [1.807, 2.05) is 0 Å². The monoisotopic (exact) mass is 736 g/mol. The SMILES string of the molecule is CC1OC(OCC2C(COC3OC(C(=O)O)=CC(O)C3O)COC(COS(=O)(=O)O)C2O)C(OS(=O)(=O)O)C(O)C1OS(=O)(=O)O. The van der Waals surface area contributed by atoms with Crippen molar-refractivity contribution in [2.75, 3.05) is 26.4 Å². The van der Waals surface area contributed by atoms with Crippen LogP contribution in [0.5, 0.6) is 0 Å². The molecule has 0 aliphatic carbocycles. The van der Waals surface area contributed by atoms with Crippen LogP contribution in [-0.2, 0) is 72.2 Å². The van der Waals surface area contributed by atoms with E-state index < -0.39 is 143 Å². The molecule has 3 rings (SSSR count). The third kappa shape index (κ3) is 10.9. The molecule has 2 saturated heterocycles. The van der Waals surface area contributed by atoms with Gasteiger partial charge in [-0.25, -0.2) is 17.3 Å². The smallest absolute Gasteiger partial charge is 0.397 e. The summed E-state index contributed by atoms with van der Waals surface area (Å²) in [7, 11) is -15.6. The Balaban J connectivity index is 1.82. The van der Waals surface area contributed by atoms with Crippen molar-refractivity contribution >= 4 is 37.2 Å². The van der Waals surface area contributed by atoms with Gasteiger partial charge >= 0.3 is 37.2 Å². The summed E-state index contributed by atoms with van der Waals surface area (Å²) in [5.41, 5.74) is 0. The van der Waals surface area contributed by atoms with Gasteiger partial charge in [-0.05, 0) is 13.0 Å². The lowest BCUT2D eigenvalue weighted by Crippen LogP contribution is -2.60. The van der Waals surface area contributed by atoms with E-state index in [9.17, 15) is 55.0 Å². The molecule has 0 aromatic rings. The van der Waals surface area contributed by atoms with E-state index in [1.165, 1.54) is 0 Å². The minimum Gasteiger partial charge on any atom is -0.475 e. The van der Waals surface area contributed by atoms with Gasteiger partial charge in [-0.3, -0.25) is 13.7 Å². The number of aliphatic carboxylic acids is 1. The summed E-state index contributed by atoms with van der Waals surface area (Å²) in [6.07, 6.45) is -17.7. The van der Waals surface area contributed by atoms with Crippen LogP contribution in [0.4, 0.5) is 0 Å². The van der Waals surface area contributed by atoms with Crippen LogP contribution < -0.4 is 0 Å². The molecule has 0 aromatic heterocycles. The number of aliphatic hydroxyl groups is 4. The van der Waals surface area contributed by atoms with Crippen molar-refractivity contribution < 1.29 is 105 Å². The summed E-state index contributed by atoms with van der Waals surface area (Å²) in [4.78, 5) is 11.3. The van der Waals surface area contributed by atoms with Crippen molar-refractivity contribution in [2.45, 2.75) is 68.3 Å². The number of carbonyl (C=O) groups is 1. The molecule has 12 atom stereocenters. The van der Waals surface area contributed by atoms with Gasteiger partial charge in [-0.15, -0.1) is 0 Å². The molecular formula is C20H32O23S3. The highest BCUT2D eigenvalue weighted by atomic mass is 32.3. The van der Waals surface area contributed by atoms with Gasteiger partial charge in [-0.1, -0.05) is 0 Å². The first-order valence-corrected chi connectivity index (χ1v) is 16.9. The highest BCUT2D eigenvalue weighted by Gasteiger charge is 2.50. The lowest BCUT2D eigenvalue weighted by molar-refractivity contribution is -0.293. The number of rotatable bonds is 14. The van der Waals surface area contributed by atoms with E-state index >= 15 is 0 Å². The second-order valence-corrected chi connectivity index (χ2v) is 13.3. The lowest BCUT2D eigenvalue weighted by Gasteiger charge is -2.44. The molecule has 0 saturated carbocycles. The molecule has 0 radical (unpaired) electrons. The van der Waals surface area contributed by atoms with Crippen LogP contribution in [0.2, 0.25) is 0 Å². The fourth-order valence-electron chi connectivity index (χ4n) is 4.70. The molecule has 0 aromatic carbocycles. The average molecular weight is 737 g/mol. The molecule has 3 aliphatic rings. The van der Waals surface area contributed by atoms with E-state index in [2.05, 4.69) is 12.5 Å². The minimum absolute atomic E-state index is 0.405. The number of aliphatic hydroxyl groups excluding tert-OH is 4. The summed E-state index contributed by atoms with van der Waals surface area (Å²) in [5.74, 6) is -4.63. The van der Waals surface area contributed by atoms with Gasteiger partial charge < -0.3 is 49.2 Å². The van der Waals surface area contributed by atoms with E-state index in [0.29, 0.717) is 6.08 Å². The number of carboxylic acid groups (broad SMARTS) is 1. The third-order valence-electron chi connectivity index (χ3n) is 6.88. The van der Waals surface area contributed by atoms with E-state index in [-0.39, 0.29) is 0 Å². The van der Waals surface area contributed by atoms with E-state index in [1.54, 1.807) is 0 Å². The minimum atomic E-state index is -5.39. The standard InChI is InChI=1S/C20H32O23S3/c1-7-16(42-45(30,31)32)15(24)17(43-46(33,34)35)20(40-7)38-5-9-8(3-36-12(13(9)22)6-39-44(27,28)29)4-37-19-14(23)10(21)2-11(41-19)18(25)26/h2,7-10,12-17,19-24H,3-6H2,1H3,(H,25,26)(H,27,28,29)(H,30,31,32)(H,33,34,35). The van der Waals surface area contributed by atoms with Gasteiger partial charge in [0.05, 0.1) is 38.6 Å². The fraction of sp³-hybridized carbons (Fsp3) is 0.850. The molecule has 0 bridgehead atoms. The Morgan fingerprint density at radius 2 is 1.41 bits per heavy atom. The van der Waals surface area contributed by atoms with Crippen molar-refractivity contribution in [1.29, 1.82) is 0 Å². The first-order chi connectivity index (χ1) is 21.1. The molecule has 0 spiro atoms. The van der Waals surface area contributed by atoms with Crippen molar-refractivity contribution in [3.05, 3.63) is 11.8 Å². The maximum absolute atomic E-state index is 11.5. The molecule has 268 valence electrons. The predicted molar refractivity (Wildman–Crippen MR) is 138 cm³/mol. The topological polar surface area (TPSA) is 355 Å². The van der Waals surface area contributed by atoms with Gasteiger partial charge in [0.2, 0.25) is 12.0 Å². The van der Waals surface area contributed by atoms with Crippen molar-refractivity contribution in [2.24, 2.45) is 11.8 Å². The van der Waals surface area contributed by atoms with Gasteiger partial charge in [0.1, 0.15) is 30.5 Å². The predicted octanol–water partition coefficient (Wildman–Crippen LogP) is -4.64. The fourth-order valence-corrected chi connectivity index (χ4v) is 6.04. The van der Waals surface area contributed by atoms with Gasteiger partial charge in [-0.2, -0.15) is 25.3 Å². The second-order valence-electron chi connectivity index (χ2n) is 10.1. The molecule has 12 unspecified atom stereocenters. The quantitative estimate of drug-likeness (QED) is 0.0777. The van der Waals surface area contributed by atoms with Gasteiger partial charge in [0, 0.05) is 11.8 Å². The Bertz CT molecular complexity index is 1410. The Labute approximate surface area is 261 Å². The first kappa shape index (κ1) is 38.7. The molecule has 3 aliphatic heterocycles. The molecule has 8 N–H and O–H groups in total. The van der Waals surface area contributed by atoms with Crippen LogP contribution in [0.3, 0.4) is 0 Å². The van der Waals surface area contributed by atoms with Gasteiger partial charge in [0.25, 0.3) is 0 Å². The Morgan fingerprint density at radius 3 is 1.98 bits per heavy atom. The van der Waals surface area contributed by atoms with Crippen molar-refractivity contribution in [3.63, 3.8) is 0 Å². The number of ether oxygens (including phenoxy) is 5. The number of hydrogen-bond donors (Lipinski definition) is 8. The van der Waals surface area contributed by atoms with Crippen LogP contribution >= 0.6 is 0 Å². The highest BCUT2D eigenvalue weighted by molar-refractivity contribution is 7.81. The van der Waals surface area contributed by atoms with E-state index in [4.69, 9.17) is 37.9 Å². The van der Waals surface area contributed by atoms with Crippen LogP contribution in [-0.4, -0.2) is 158 Å². The van der Waals surface area contributed by atoms with E-state index in [0.717, 1.165) is 6.92 Å². The zero-order chi connectivity index (χ0) is 34.8. The zero-order valence-electron chi connectivity index (χ0n) is 23.3. The zero-order valence-corrected chi connectivity index (χ0v) is 25.7. The molecule has 23 nitrogen and oxygen atoms in total. The average Bonchev–Trinajstić information content (AvgIpc) is 2.90. The van der Waals surface area contributed by atoms with Crippen molar-refractivity contribution in [3.8, 4) is 0 Å². The van der Waals surface area contributed by atoms with Crippen molar-refractivity contribution in [1.82, 2.24) is 0 Å². The summed E-state index contributed by atoms with van der Waals surface area (Å²) in [6.45, 7) is -1.48. The molecule has 2 fully saturated rings. The molecule has 0 amide bonds. The second kappa shape index (κ2) is 15.2. The van der Waals surface area contributed by atoms with Crippen LogP contribution in [0.1, 0.15) is 6.92 Å².